The SMILES string of the molecule is CC(C)CNCc1ccc(OCCCN(C)C)c(F)c1. The van der Waals surface area contributed by atoms with Crippen molar-refractivity contribution in [2.45, 2.75) is 26.8 Å². The van der Waals surface area contributed by atoms with E-state index in [1.807, 2.05) is 20.2 Å². The maximum Gasteiger partial charge on any atom is 0.165 e. The smallest absolute Gasteiger partial charge is 0.165 e. The Balaban J connectivity index is 2.39. The number of nitrogens with one attached hydrogen (secondary N) is 1. The van der Waals surface area contributed by atoms with E-state index in [1.165, 1.54) is 0 Å². The first-order valence-electron chi connectivity index (χ1n) is 7.25. The highest BCUT2D eigenvalue weighted by molar-refractivity contribution is 5.29. The van der Waals surface area contributed by atoms with Gasteiger partial charge in [-0.2, -0.15) is 0 Å². The van der Waals surface area contributed by atoms with E-state index in [1.54, 1.807) is 12.1 Å². The van der Waals surface area contributed by atoms with Crippen LogP contribution in [0, 0.1) is 11.7 Å². The molecule has 0 atom stereocenters. The highest BCUT2D eigenvalue weighted by Crippen LogP contribution is 2.18. The molecule has 0 fully saturated rings. The molecule has 1 aromatic carbocycles. The molecule has 0 aromatic heterocycles. The van der Waals surface area contributed by atoms with E-state index in [-0.39, 0.29) is 5.82 Å². The van der Waals surface area contributed by atoms with Crippen molar-refractivity contribution in [2.75, 3.05) is 33.8 Å². The van der Waals surface area contributed by atoms with Crippen LogP contribution in [0.1, 0.15) is 25.8 Å². The van der Waals surface area contributed by atoms with Gasteiger partial charge in [-0.1, -0.05) is 19.9 Å². The molecule has 0 saturated carbocycles. The molecule has 114 valence electrons. The average molecular weight is 282 g/mol. The van der Waals surface area contributed by atoms with Gasteiger partial charge in [-0.05, 0) is 50.7 Å². The van der Waals surface area contributed by atoms with Crippen LogP contribution in [0.15, 0.2) is 18.2 Å². The molecule has 0 saturated heterocycles. The largest absolute Gasteiger partial charge is 0.490 e. The Morgan fingerprint density at radius 2 is 2.05 bits per heavy atom. The predicted molar refractivity (Wildman–Crippen MR) is 81.6 cm³/mol. The normalized spacial score (nSPS) is 11.3. The van der Waals surface area contributed by atoms with Crippen molar-refractivity contribution in [1.29, 1.82) is 0 Å². The van der Waals surface area contributed by atoms with Gasteiger partial charge in [0.25, 0.3) is 0 Å². The molecular formula is C16H27FN2O. The van der Waals surface area contributed by atoms with E-state index in [0.29, 0.717) is 24.8 Å². The second-order valence-electron chi connectivity index (χ2n) is 5.79. The Hall–Kier alpha value is -1.13. The number of rotatable bonds is 9. The molecular weight excluding hydrogens is 255 g/mol. The maximum absolute atomic E-state index is 13.9. The molecule has 1 aromatic rings. The van der Waals surface area contributed by atoms with Crippen molar-refractivity contribution >= 4 is 0 Å². The second-order valence-corrected chi connectivity index (χ2v) is 5.79. The highest BCUT2D eigenvalue weighted by Gasteiger charge is 2.05. The Morgan fingerprint density at radius 3 is 2.65 bits per heavy atom. The fourth-order valence-electron chi connectivity index (χ4n) is 1.84. The highest BCUT2D eigenvalue weighted by atomic mass is 19.1. The first-order valence-corrected chi connectivity index (χ1v) is 7.25. The maximum atomic E-state index is 13.9. The lowest BCUT2D eigenvalue weighted by atomic mass is 10.2. The van der Waals surface area contributed by atoms with Gasteiger partial charge in [-0.3, -0.25) is 0 Å². The van der Waals surface area contributed by atoms with E-state index in [4.69, 9.17) is 4.74 Å². The number of hydrogen-bond acceptors (Lipinski definition) is 3. The molecule has 0 unspecified atom stereocenters. The molecule has 1 N–H and O–H groups in total. The summed E-state index contributed by atoms with van der Waals surface area (Å²) in [5.41, 5.74) is 0.948. The van der Waals surface area contributed by atoms with E-state index < -0.39 is 0 Å². The van der Waals surface area contributed by atoms with Crippen molar-refractivity contribution < 1.29 is 9.13 Å². The summed E-state index contributed by atoms with van der Waals surface area (Å²) in [5, 5.41) is 3.30. The van der Waals surface area contributed by atoms with Crippen molar-refractivity contribution in [3.63, 3.8) is 0 Å². The van der Waals surface area contributed by atoms with Crippen LogP contribution in [0.4, 0.5) is 4.39 Å². The zero-order valence-corrected chi connectivity index (χ0v) is 13.1. The lowest BCUT2D eigenvalue weighted by Gasteiger charge is -2.12. The third-order valence-corrected chi connectivity index (χ3v) is 2.89. The summed E-state index contributed by atoms with van der Waals surface area (Å²) in [5.74, 6) is 0.661. The molecule has 0 aliphatic heterocycles. The van der Waals surface area contributed by atoms with Crippen molar-refractivity contribution in [3.8, 4) is 5.75 Å². The van der Waals surface area contributed by atoms with Crippen molar-refractivity contribution in [3.05, 3.63) is 29.6 Å². The van der Waals surface area contributed by atoms with Gasteiger partial charge in [0.1, 0.15) is 0 Å². The lowest BCUT2D eigenvalue weighted by Crippen LogP contribution is -2.19. The summed E-state index contributed by atoms with van der Waals surface area (Å²) < 4.78 is 19.3. The molecule has 0 aliphatic rings. The third kappa shape index (κ3) is 6.87. The topological polar surface area (TPSA) is 24.5 Å². The number of nitrogens with zero attached hydrogens (tertiary/aromatic N) is 1. The minimum atomic E-state index is -0.279. The Morgan fingerprint density at radius 1 is 1.30 bits per heavy atom. The van der Waals surface area contributed by atoms with Crippen LogP contribution in [0.25, 0.3) is 0 Å². The molecule has 0 radical (unpaired) electrons. The molecule has 0 aliphatic carbocycles. The molecule has 0 spiro atoms. The van der Waals surface area contributed by atoms with Crippen molar-refractivity contribution in [1.82, 2.24) is 10.2 Å². The molecule has 20 heavy (non-hydrogen) atoms. The van der Waals surface area contributed by atoms with Crippen LogP contribution in [0.3, 0.4) is 0 Å². The van der Waals surface area contributed by atoms with Crippen LogP contribution in [0.5, 0.6) is 5.75 Å². The summed E-state index contributed by atoms with van der Waals surface area (Å²) in [4.78, 5) is 2.09. The van der Waals surface area contributed by atoms with Gasteiger partial charge in [0.2, 0.25) is 0 Å². The quantitative estimate of drug-likeness (QED) is 0.705. The predicted octanol–water partition coefficient (Wildman–Crippen LogP) is 2.90. The fourth-order valence-corrected chi connectivity index (χ4v) is 1.84. The van der Waals surface area contributed by atoms with E-state index in [2.05, 4.69) is 24.1 Å². The fraction of sp³-hybridized carbons (Fsp3) is 0.625. The third-order valence-electron chi connectivity index (χ3n) is 2.89. The summed E-state index contributed by atoms with van der Waals surface area (Å²) in [6.45, 7) is 7.41. The van der Waals surface area contributed by atoms with Gasteiger partial charge in [-0.25, -0.2) is 4.39 Å². The number of halogens is 1. The van der Waals surface area contributed by atoms with Gasteiger partial charge in [0, 0.05) is 13.1 Å². The first kappa shape index (κ1) is 16.9. The summed E-state index contributed by atoms with van der Waals surface area (Å²) in [6, 6.07) is 5.18. The van der Waals surface area contributed by atoms with Gasteiger partial charge in [0.15, 0.2) is 11.6 Å². The van der Waals surface area contributed by atoms with E-state index >= 15 is 0 Å². The van der Waals surface area contributed by atoms with Crippen LogP contribution >= 0.6 is 0 Å². The molecule has 1 rings (SSSR count). The van der Waals surface area contributed by atoms with E-state index in [0.717, 1.165) is 25.1 Å². The molecule has 3 nitrogen and oxygen atoms in total. The zero-order chi connectivity index (χ0) is 15.0. The lowest BCUT2D eigenvalue weighted by molar-refractivity contribution is 0.271. The Labute approximate surface area is 122 Å². The summed E-state index contributed by atoms with van der Waals surface area (Å²) in [6.07, 6.45) is 0.893. The van der Waals surface area contributed by atoms with Crippen LogP contribution < -0.4 is 10.1 Å². The van der Waals surface area contributed by atoms with Crippen LogP contribution in [0.2, 0.25) is 0 Å². The van der Waals surface area contributed by atoms with Crippen LogP contribution in [-0.4, -0.2) is 38.7 Å². The molecule has 0 bridgehead atoms. The van der Waals surface area contributed by atoms with Crippen LogP contribution in [-0.2, 0) is 6.54 Å². The summed E-state index contributed by atoms with van der Waals surface area (Å²) >= 11 is 0. The molecule has 4 heteroatoms. The van der Waals surface area contributed by atoms with Gasteiger partial charge < -0.3 is 15.0 Å². The average Bonchev–Trinajstić information content (AvgIpc) is 2.36. The Bertz CT molecular complexity index is 394. The minimum Gasteiger partial charge on any atom is -0.490 e. The first-order chi connectivity index (χ1) is 9.49. The number of hydrogen-bond donors (Lipinski definition) is 1. The second kappa shape index (κ2) is 8.93. The molecule has 0 heterocycles. The van der Waals surface area contributed by atoms with Crippen molar-refractivity contribution in [2.24, 2.45) is 5.92 Å². The standard InChI is InChI=1S/C16H27FN2O/c1-13(2)11-18-12-14-6-7-16(15(17)10-14)20-9-5-8-19(3)4/h6-7,10,13,18H,5,8-9,11-12H2,1-4H3. The minimum absolute atomic E-state index is 0.279. The zero-order valence-electron chi connectivity index (χ0n) is 13.1. The number of benzene rings is 1. The summed E-state index contributed by atoms with van der Waals surface area (Å²) in [7, 11) is 4.03. The van der Waals surface area contributed by atoms with Gasteiger partial charge >= 0.3 is 0 Å². The van der Waals surface area contributed by atoms with Gasteiger partial charge in [0.05, 0.1) is 6.61 Å². The van der Waals surface area contributed by atoms with Gasteiger partial charge in [-0.15, -0.1) is 0 Å². The monoisotopic (exact) mass is 282 g/mol. The molecule has 0 amide bonds. The number of ether oxygens (including phenoxy) is 1. The Kier molecular flexibility index (Phi) is 7.55. The van der Waals surface area contributed by atoms with E-state index in [9.17, 15) is 4.39 Å².